The third-order valence-electron chi connectivity index (χ3n) is 3.43. The summed E-state index contributed by atoms with van der Waals surface area (Å²) in [5.74, 6) is 0.111. The molecule has 0 spiro atoms. The topological polar surface area (TPSA) is 51.2 Å². The van der Waals surface area contributed by atoms with Gasteiger partial charge in [-0.05, 0) is 36.8 Å². The van der Waals surface area contributed by atoms with Crippen molar-refractivity contribution in [3.8, 4) is 17.0 Å². The van der Waals surface area contributed by atoms with Crippen molar-refractivity contribution < 1.29 is 9.53 Å². The molecule has 1 N–H and O–H groups in total. The lowest BCUT2D eigenvalue weighted by molar-refractivity contribution is -0.118. The molecule has 3 rings (SSSR count). The first-order valence-corrected chi connectivity index (χ1v) is 9.53. The van der Waals surface area contributed by atoms with Gasteiger partial charge < -0.3 is 4.74 Å². The number of carbonyl (C=O) groups is 1. The molecule has 0 saturated carbocycles. The minimum absolute atomic E-state index is 0.182. The second-order valence-electron chi connectivity index (χ2n) is 5.42. The third kappa shape index (κ3) is 4.68. The zero-order chi connectivity index (χ0) is 18.7. The van der Waals surface area contributed by atoms with Crippen molar-refractivity contribution in [1.82, 2.24) is 4.98 Å². The molecule has 0 unspecified atom stereocenters. The molecule has 3 aromatic rings. The van der Waals surface area contributed by atoms with Crippen LogP contribution in [-0.4, -0.2) is 17.5 Å². The van der Waals surface area contributed by atoms with Crippen LogP contribution in [0.3, 0.4) is 0 Å². The van der Waals surface area contributed by atoms with Crippen LogP contribution >= 0.6 is 46.1 Å². The Morgan fingerprint density at radius 2 is 1.88 bits per heavy atom. The maximum Gasteiger partial charge on any atom is 0.264 e. The highest BCUT2D eigenvalue weighted by molar-refractivity contribution is 7.14. The Labute approximate surface area is 169 Å². The largest absolute Gasteiger partial charge is 0.482 e. The molecule has 0 saturated heterocycles. The van der Waals surface area contributed by atoms with Gasteiger partial charge in [-0.25, -0.2) is 4.98 Å². The standard InChI is InChI=1S/C18H13Cl3N2O2S/c1-10-6-13(20)7-14(21)17(10)25-8-16(24)23-18-22-15(9-26-18)11-2-4-12(19)5-3-11/h2-7,9H,8H2,1H3,(H,22,23,24). The molecular weight excluding hydrogens is 415 g/mol. The first-order valence-electron chi connectivity index (χ1n) is 7.52. The van der Waals surface area contributed by atoms with Crippen molar-refractivity contribution in [3.63, 3.8) is 0 Å². The highest BCUT2D eigenvalue weighted by atomic mass is 35.5. The van der Waals surface area contributed by atoms with E-state index in [2.05, 4.69) is 10.3 Å². The van der Waals surface area contributed by atoms with E-state index in [1.807, 2.05) is 24.4 Å². The van der Waals surface area contributed by atoms with Crippen LogP contribution in [0.4, 0.5) is 5.13 Å². The number of aromatic nitrogens is 1. The van der Waals surface area contributed by atoms with E-state index in [9.17, 15) is 4.79 Å². The predicted molar refractivity (Wildman–Crippen MR) is 108 cm³/mol. The normalized spacial score (nSPS) is 10.6. The number of ether oxygens (including phenoxy) is 1. The Morgan fingerprint density at radius 3 is 2.58 bits per heavy atom. The van der Waals surface area contributed by atoms with E-state index in [4.69, 9.17) is 39.5 Å². The van der Waals surface area contributed by atoms with E-state index in [-0.39, 0.29) is 12.5 Å². The first kappa shape index (κ1) is 19.0. The number of hydrogen-bond acceptors (Lipinski definition) is 4. The van der Waals surface area contributed by atoms with Crippen molar-refractivity contribution in [1.29, 1.82) is 0 Å². The maximum absolute atomic E-state index is 12.1. The van der Waals surface area contributed by atoms with E-state index in [1.165, 1.54) is 11.3 Å². The summed E-state index contributed by atoms with van der Waals surface area (Å²) in [5.41, 5.74) is 2.44. The molecule has 0 aliphatic heterocycles. The Kier molecular flexibility index (Phi) is 6.04. The summed E-state index contributed by atoms with van der Waals surface area (Å²) in [6.07, 6.45) is 0. The number of nitrogens with one attached hydrogen (secondary N) is 1. The quantitative estimate of drug-likeness (QED) is 0.535. The summed E-state index contributed by atoms with van der Waals surface area (Å²) >= 11 is 19.2. The second-order valence-corrected chi connectivity index (χ2v) is 7.55. The Morgan fingerprint density at radius 1 is 1.15 bits per heavy atom. The molecule has 0 radical (unpaired) electrons. The highest BCUT2D eigenvalue weighted by Gasteiger charge is 2.12. The molecule has 0 aliphatic rings. The smallest absolute Gasteiger partial charge is 0.264 e. The number of carbonyl (C=O) groups excluding carboxylic acids is 1. The molecule has 0 aliphatic carbocycles. The van der Waals surface area contributed by atoms with Crippen LogP contribution in [-0.2, 0) is 4.79 Å². The van der Waals surface area contributed by atoms with E-state index >= 15 is 0 Å². The Hall–Kier alpha value is -1.79. The first-order chi connectivity index (χ1) is 12.4. The number of anilines is 1. The van der Waals surface area contributed by atoms with Gasteiger partial charge in [0.1, 0.15) is 5.75 Å². The van der Waals surface area contributed by atoms with Gasteiger partial charge >= 0.3 is 0 Å². The number of amides is 1. The van der Waals surface area contributed by atoms with Gasteiger partial charge in [-0.15, -0.1) is 11.3 Å². The molecule has 0 fully saturated rings. The highest BCUT2D eigenvalue weighted by Crippen LogP contribution is 2.32. The number of thiazole rings is 1. The van der Waals surface area contributed by atoms with Crippen LogP contribution in [0, 0.1) is 6.92 Å². The molecule has 1 amide bonds. The van der Waals surface area contributed by atoms with Crippen LogP contribution in [0.25, 0.3) is 11.3 Å². The summed E-state index contributed by atoms with van der Waals surface area (Å²) in [7, 11) is 0. The fraction of sp³-hybridized carbons (Fsp3) is 0.111. The lowest BCUT2D eigenvalue weighted by Crippen LogP contribution is -2.20. The van der Waals surface area contributed by atoms with Crippen molar-refractivity contribution >= 4 is 57.2 Å². The van der Waals surface area contributed by atoms with Crippen molar-refractivity contribution in [2.24, 2.45) is 0 Å². The zero-order valence-corrected chi connectivity index (χ0v) is 16.6. The summed E-state index contributed by atoms with van der Waals surface area (Å²) in [4.78, 5) is 16.5. The fourth-order valence-electron chi connectivity index (χ4n) is 2.25. The van der Waals surface area contributed by atoms with E-state index in [0.717, 1.165) is 16.8 Å². The monoisotopic (exact) mass is 426 g/mol. The van der Waals surface area contributed by atoms with Gasteiger partial charge in [0, 0.05) is 21.0 Å². The van der Waals surface area contributed by atoms with Crippen LogP contribution in [0.15, 0.2) is 41.8 Å². The van der Waals surface area contributed by atoms with Gasteiger partial charge in [-0.2, -0.15) is 0 Å². The molecule has 0 atom stereocenters. The molecule has 4 nitrogen and oxygen atoms in total. The Bertz CT molecular complexity index is 919. The van der Waals surface area contributed by atoms with Crippen LogP contribution in [0.1, 0.15) is 5.56 Å². The Balaban J connectivity index is 1.62. The second kappa shape index (κ2) is 8.27. The summed E-state index contributed by atoms with van der Waals surface area (Å²) in [6.45, 7) is 1.63. The zero-order valence-electron chi connectivity index (χ0n) is 13.6. The van der Waals surface area contributed by atoms with Gasteiger partial charge in [0.05, 0.1) is 10.7 Å². The third-order valence-corrected chi connectivity index (χ3v) is 4.94. The van der Waals surface area contributed by atoms with Gasteiger partial charge in [0.2, 0.25) is 0 Å². The van der Waals surface area contributed by atoms with Crippen LogP contribution in [0.5, 0.6) is 5.75 Å². The molecule has 0 bridgehead atoms. The number of benzene rings is 2. The molecule has 26 heavy (non-hydrogen) atoms. The summed E-state index contributed by atoms with van der Waals surface area (Å²) in [6, 6.07) is 10.6. The molecule has 134 valence electrons. The molecule has 1 heterocycles. The predicted octanol–water partition coefficient (Wildman–Crippen LogP) is 6.10. The van der Waals surface area contributed by atoms with Crippen molar-refractivity contribution in [3.05, 3.63) is 62.4 Å². The number of halogens is 3. The minimum atomic E-state index is -0.326. The van der Waals surface area contributed by atoms with Crippen molar-refractivity contribution in [2.75, 3.05) is 11.9 Å². The fourth-order valence-corrected chi connectivity index (χ4v) is 3.76. The molecule has 2 aromatic carbocycles. The van der Waals surface area contributed by atoms with Gasteiger partial charge in [0.15, 0.2) is 11.7 Å². The summed E-state index contributed by atoms with van der Waals surface area (Å²) < 4.78 is 5.52. The van der Waals surface area contributed by atoms with Gasteiger partial charge in [-0.1, -0.05) is 46.9 Å². The number of aryl methyl sites for hydroxylation is 1. The minimum Gasteiger partial charge on any atom is -0.482 e. The van der Waals surface area contributed by atoms with E-state index in [0.29, 0.717) is 25.9 Å². The van der Waals surface area contributed by atoms with Gasteiger partial charge in [0.25, 0.3) is 5.91 Å². The lowest BCUT2D eigenvalue weighted by atomic mass is 10.2. The number of nitrogens with zero attached hydrogens (tertiary/aromatic N) is 1. The lowest BCUT2D eigenvalue weighted by Gasteiger charge is -2.11. The van der Waals surface area contributed by atoms with Crippen molar-refractivity contribution in [2.45, 2.75) is 6.92 Å². The summed E-state index contributed by atoms with van der Waals surface area (Å²) in [5, 5.41) is 6.60. The molecular formula is C18H13Cl3N2O2S. The van der Waals surface area contributed by atoms with Crippen LogP contribution in [0.2, 0.25) is 15.1 Å². The number of hydrogen-bond donors (Lipinski definition) is 1. The number of rotatable bonds is 5. The average Bonchev–Trinajstić information content (AvgIpc) is 3.03. The molecule has 1 aromatic heterocycles. The average molecular weight is 428 g/mol. The maximum atomic E-state index is 12.1. The van der Waals surface area contributed by atoms with E-state index in [1.54, 1.807) is 24.3 Å². The van der Waals surface area contributed by atoms with Gasteiger partial charge in [-0.3, -0.25) is 10.1 Å². The van der Waals surface area contributed by atoms with E-state index < -0.39 is 0 Å². The van der Waals surface area contributed by atoms with Crippen LogP contribution < -0.4 is 10.1 Å². The molecule has 8 heteroatoms. The SMILES string of the molecule is Cc1cc(Cl)cc(Cl)c1OCC(=O)Nc1nc(-c2ccc(Cl)cc2)cs1.